The average Bonchev–Trinajstić information content (AvgIpc) is 4.17. The number of piperidine rings is 1. The summed E-state index contributed by atoms with van der Waals surface area (Å²) in [6.45, 7) is 12.3. The number of aliphatic hydroxyl groups is 1. The first-order valence-electron chi connectivity index (χ1n) is 23.8. The van der Waals surface area contributed by atoms with Crippen molar-refractivity contribution in [2.75, 3.05) is 32.0 Å². The predicted octanol–water partition coefficient (Wildman–Crippen LogP) is 8.19. The number of hydrogen-bond acceptors (Lipinski definition) is 14. The third kappa shape index (κ3) is 10.2. The van der Waals surface area contributed by atoms with E-state index in [9.17, 15) is 19.8 Å². The van der Waals surface area contributed by atoms with Gasteiger partial charge in [-0.05, 0) is 98.0 Å². The Morgan fingerprint density at radius 3 is 2.42 bits per heavy atom. The highest BCUT2D eigenvalue weighted by molar-refractivity contribution is 7.13. The zero-order valence-electron chi connectivity index (χ0n) is 39.7. The van der Waals surface area contributed by atoms with E-state index in [-0.39, 0.29) is 54.6 Å². The fourth-order valence-electron chi connectivity index (χ4n) is 9.80. The number of para-hydroxylation sites is 1. The van der Waals surface area contributed by atoms with Crippen molar-refractivity contribution >= 4 is 40.0 Å². The van der Waals surface area contributed by atoms with Gasteiger partial charge < -0.3 is 35.4 Å². The molecule has 2 saturated heterocycles. The number of aromatic nitrogens is 6. The Balaban J connectivity index is 0.744. The number of carbonyl (C=O) groups is 2. The van der Waals surface area contributed by atoms with Crippen LogP contribution in [0.4, 0.5) is 5.82 Å². The fourth-order valence-corrected chi connectivity index (χ4v) is 10.6. The number of ether oxygens (including phenoxy) is 1. The molecule has 2 amide bonds. The summed E-state index contributed by atoms with van der Waals surface area (Å²) in [6.07, 6.45) is 2.69. The lowest BCUT2D eigenvalue weighted by Crippen LogP contribution is -2.48. The Labute approximate surface area is 405 Å². The first-order chi connectivity index (χ1) is 33.3. The van der Waals surface area contributed by atoms with E-state index in [2.05, 4.69) is 66.8 Å². The Hall–Kier alpha value is -6.69. The van der Waals surface area contributed by atoms with E-state index >= 15 is 0 Å². The topological polar surface area (TPSA) is 211 Å². The van der Waals surface area contributed by atoms with Crippen molar-refractivity contribution in [3.8, 4) is 33.3 Å². The number of phenols is 1. The standard InChI is InChI=1S/C52H60N10O6S/c1-30(2)47(52(66)61-28-39(63)25-43(61)51(65)55-31(3)35-16-18-37(19-17-35)49-32(4)54-29-69-49)45-27-46(59-68-45)67-24-8-9-34-12-14-36(15-13-34)33(5)60-22-20-38(21-23-60)62-42-26-41(40-10-6-7-11-44(40)64)56-57-48(42)50(53)58-62/h6-7,10-19,26-27,29-31,33,38-39,43,47,63-64H,8-9,20-25,28H2,1-5H3,(H2,53,58)(H,55,65)/t31?,33?,39-,43+,47?/m1/s1. The molecular weight excluding hydrogens is 893 g/mol. The molecule has 3 unspecified atom stereocenters. The van der Waals surface area contributed by atoms with Crippen LogP contribution in [0.25, 0.3) is 32.7 Å². The number of amides is 2. The summed E-state index contributed by atoms with van der Waals surface area (Å²) in [4.78, 5) is 37.4. The molecule has 6 heterocycles. The van der Waals surface area contributed by atoms with Crippen molar-refractivity contribution < 1.29 is 29.1 Å². The van der Waals surface area contributed by atoms with Gasteiger partial charge in [-0.2, -0.15) is 5.10 Å². The van der Waals surface area contributed by atoms with Crippen LogP contribution in [0.5, 0.6) is 11.6 Å². The molecule has 0 aliphatic carbocycles. The molecule has 360 valence electrons. The minimum atomic E-state index is -0.830. The molecule has 16 nitrogen and oxygen atoms in total. The van der Waals surface area contributed by atoms with Gasteiger partial charge in [-0.25, -0.2) is 4.98 Å². The summed E-state index contributed by atoms with van der Waals surface area (Å²) in [5.74, 6) is -0.357. The number of aliphatic hydroxyl groups excluding tert-OH is 1. The maximum atomic E-state index is 14.2. The van der Waals surface area contributed by atoms with Gasteiger partial charge in [0.25, 0.3) is 5.88 Å². The number of nitrogens with one attached hydrogen (secondary N) is 1. The first-order valence-corrected chi connectivity index (χ1v) is 24.7. The number of anilines is 1. The number of nitrogen functional groups attached to an aromatic ring is 1. The van der Waals surface area contributed by atoms with Gasteiger partial charge in [0.1, 0.15) is 17.7 Å². The molecule has 0 saturated carbocycles. The van der Waals surface area contributed by atoms with Crippen LogP contribution in [0.2, 0.25) is 0 Å². The van der Waals surface area contributed by atoms with Crippen LogP contribution < -0.4 is 15.8 Å². The summed E-state index contributed by atoms with van der Waals surface area (Å²) in [6, 6.07) is 26.7. The monoisotopic (exact) mass is 952 g/mol. The molecule has 2 fully saturated rings. The largest absolute Gasteiger partial charge is 0.507 e. The van der Waals surface area contributed by atoms with Crippen LogP contribution in [0.15, 0.2) is 95.0 Å². The Morgan fingerprint density at radius 2 is 1.71 bits per heavy atom. The Kier molecular flexibility index (Phi) is 14.1. The third-order valence-corrected chi connectivity index (χ3v) is 14.7. The number of aryl methyl sites for hydroxylation is 2. The van der Waals surface area contributed by atoms with Crippen LogP contribution in [0.3, 0.4) is 0 Å². The summed E-state index contributed by atoms with van der Waals surface area (Å²) in [7, 11) is 0. The van der Waals surface area contributed by atoms with Crippen molar-refractivity contribution in [3.05, 3.63) is 119 Å². The number of carbonyl (C=O) groups excluding carboxylic acids is 2. The molecule has 69 heavy (non-hydrogen) atoms. The highest BCUT2D eigenvalue weighted by Gasteiger charge is 2.43. The maximum absolute atomic E-state index is 14.2. The summed E-state index contributed by atoms with van der Waals surface area (Å²) in [5, 5.41) is 41.7. The quantitative estimate of drug-likeness (QED) is 0.0674. The molecule has 3 aromatic carbocycles. The molecule has 2 aliphatic heterocycles. The molecule has 0 radical (unpaired) electrons. The smallest absolute Gasteiger partial charge is 0.254 e. The lowest BCUT2D eigenvalue weighted by Gasteiger charge is -2.36. The minimum Gasteiger partial charge on any atom is -0.507 e. The number of aromatic hydroxyl groups is 1. The zero-order chi connectivity index (χ0) is 48.3. The second kappa shape index (κ2) is 20.5. The van der Waals surface area contributed by atoms with Crippen molar-refractivity contribution in [3.63, 3.8) is 0 Å². The molecule has 17 heteroatoms. The number of nitrogens with two attached hydrogens (primary N) is 1. The van der Waals surface area contributed by atoms with E-state index in [4.69, 9.17) is 15.0 Å². The van der Waals surface area contributed by atoms with Gasteiger partial charge >= 0.3 is 0 Å². The molecule has 7 aromatic rings. The molecule has 9 rings (SSSR count). The van der Waals surface area contributed by atoms with Gasteiger partial charge in [-0.15, -0.1) is 21.5 Å². The molecule has 4 aromatic heterocycles. The van der Waals surface area contributed by atoms with Crippen molar-refractivity contribution in [2.24, 2.45) is 5.92 Å². The highest BCUT2D eigenvalue weighted by atomic mass is 32.1. The number of rotatable bonds is 16. The van der Waals surface area contributed by atoms with Crippen LogP contribution in [-0.4, -0.2) is 100 Å². The van der Waals surface area contributed by atoms with Crippen LogP contribution in [0, 0.1) is 12.8 Å². The number of phenolic OH excluding ortho intramolecular Hbond substituents is 1. The zero-order valence-corrected chi connectivity index (χ0v) is 40.5. The lowest BCUT2D eigenvalue weighted by molar-refractivity contribution is -0.141. The maximum Gasteiger partial charge on any atom is 0.254 e. The van der Waals surface area contributed by atoms with Gasteiger partial charge in [0.05, 0.1) is 52.1 Å². The third-order valence-electron chi connectivity index (χ3n) is 13.8. The molecule has 5 N–H and O–H groups in total. The molecule has 0 bridgehead atoms. The molecular formula is C52H60N10O6S. The molecule has 2 aliphatic rings. The number of thiazole rings is 1. The second-order valence-electron chi connectivity index (χ2n) is 18.8. The van der Waals surface area contributed by atoms with Gasteiger partial charge in [0, 0.05) is 43.7 Å². The normalized spacial score (nSPS) is 18.2. The lowest BCUT2D eigenvalue weighted by atomic mass is 9.91. The van der Waals surface area contributed by atoms with E-state index in [0.29, 0.717) is 40.8 Å². The van der Waals surface area contributed by atoms with Crippen molar-refractivity contribution in [1.82, 2.24) is 45.2 Å². The van der Waals surface area contributed by atoms with E-state index in [1.165, 1.54) is 16.0 Å². The number of hydrogen-bond donors (Lipinski definition) is 4. The van der Waals surface area contributed by atoms with Crippen molar-refractivity contribution in [1.29, 1.82) is 0 Å². The van der Waals surface area contributed by atoms with E-state index < -0.39 is 18.1 Å². The summed E-state index contributed by atoms with van der Waals surface area (Å²) in [5.41, 5.74) is 16.1. The Morgan fingerprint density at radius 1 is 0.971 bits per heavy atom. The van der Waals surface area contributed by atoms with E-state index in [1.807, 2.05) is 80.4 Å². The first kappa shape index (κ1) is 47.4. The number of nitrogens with zero attached hydrogens (tertiary/aromatic N) is 8. The highest BCUT2D eigenvalue weighted by Crippen LogP contribution is 2.36. The second-order valence-corrected chi connectivity index (χ2v) is 19.6. The number of benzene rings is 3. The van der Waals surface area contributed by atoms with Gasteiger partial charge in [-0.1, -0.05) is 74.5 Å². The number of likely N-dealkylation sites (tertiary alicyclic amines) is 2. The van der Waals surface area contributed by atoms with Crippen LogP contribution >= 0.6 is 11.3 Å². The fraction of sp³-hybridized carbons (Fsp3) is 0.404. The molecule has 5 atom stereocenters. The van der Waals surface area contributed by atoms with Crippen molar-refractivity contribution in [2.45, 2.75) is 103 Å². The predicted molar refractivity (Wildman–Crippen MR) is 264 cm³/mol. The van der Waals surface area contributed by atoms with E-state index in [1.54, 1.807) is 29.5 Å². The number of fused-ring (bicyclic) bond motifs is 1. The van der Waals surface area contributed by atoms with Gasteiger partial charge in [-0.3, -0.25) is 19.2 Å². The summed E-state index contributed by atoms with van der Waals surface area (Å²) < 4.78 is 13.7. The summed E-state index contributed by atoms with van der Waals surface area (Å²) >= 11 is 1.59. The van der Waals surface area contributed by atoms with Gasteiger partial charge in [0.15, 0.2) is 17.1 Å². The van der Waals surface area contributed by atoms with Crippen LogP contribution in [-0.2, 0) is 16.0 Å². The number of β-amino-alcohol motifs (C(OH)–C–C–N with tert-alkyl or cyclic N) is 1. The minimum absolute atomic E-state index is 0.0516. The molecule has 0 spiro atoms. The van der Waals surface area contributed by atoms with E-state index in [0.717, 1.165) is 66.0 Å². The SMILES string of the molecule is Cc1ncsc1-c1ccc(C(C)NC(=O)[C@@H]2C[C@@H](O)CN2C(=O)C(c2cc(OCCCc3ccc(C(C)N4CCC(n5nc(N)c6nnc(-c7ccccc7O)cc65)CC4)cc3)no2)C(C)C)cc1. The van der Waals surface area contributed by atoms with Gasteiger partial charge in [0.2, 0.25) is 11.8 Å². The Bertz CT molecular complexity index is 2890. The van der Waals surface area contributed by atoms with Crippen LogP contribution in [0.1, 0.15) is 106 Å². The average molecular weight is 953 g/mol.